The Morgan fingerprint density at radius 2 is 0.909 bits per heavy atom. The zero-order valence-electron chi connectivity index (χ0n) is 28.6. The summed E-state index contributed by atoms with van der Waals surface area (Å²) in [6, 6.07) is 1.24. The summed E-state index contributed by atoms with van der Waals surface area (Å²) in [7, 11) is 0. The van der Waals surface area contributed by atoms with Gasteiger partial charge in [0.1, 0.15) is 11.2 Å². The van der Waals surface area contributed by atoms with Gasteiger partial charge in [0.2, 0.25) is 0 Å². The van der Waals surface area contributed by atoms with Crippen LogP contribution in [0.2, 0.25) is 0 Å². The molecule has 2 unspecified atom stereocenters. The van der Waals surface area contributed by atoms with Crippen molar-refractivity contribution < 1.29 is 38.9 Å². The van der Waals surface area contributed by atoms with Gasteiger partial charge in [0.25, 0.3) is 0 Å². The van der Waals surface area contributed by atoms with Crippen LogP contribution in [0.5, 0.6) is 0 Å². The van der Waals surface area contributed by atoms with Crippen LogP contribution < -0.4 is 10.6 Å². The molecule has 0 radical (unpaired) electrons. The van der Waals surface area contributed by atoms with Gasteiger partial charge in [0.05, 0.1) is 0 Å². The first-order valence-electron chi connectivity index (χ1n) is 16.0. The number of carboxylic acid groups (broad SMARTS) is 2. The van der Waals surface area contributed by atoms with E-state index in [2.05, 4.69) is 38.3 Å². The number of ether oxygens (including phenoxy) is 2. The molecule has 2 spiro atoms. The van der Waals surface area contributed by atoms with Crippen molar-refractivity contribution >= 4 is 24.1 Å². The van der Waals surface area contributed by atoms with Crippen LogP contribution in [0, 0.1) is 22.7 Å². The first-order valence-corrected chi connectivity index (χ1v) is 16.0. The lowest BCUT2D eigenvalue weighted by atomic mass is 9.63. The lowest BCUT2D eigenvalue weighted by molar-refractivity contribution is -0.159. The average molecular weight is 627 g/mol. The van der Waals surface area contributed by atoms with E-state index in [1.54, 1.807) is 0 Å². The molecule has 254 valence electrons. The summed E-state index contributed by atoms with van der Waals surface area (Å²) in [5.41, 5.74) is 0.0504. The smallest absolute Gasteiger partial charge is 0.414 e. The van der Waals surface area contributed by atoms with E-state index in [-0.39, 0.29) is 12.2 Å². The molecule has 0 aliphatic carbocycles. The molecule has 2 amide bonds. The number of likely N-dealkylation sites (tertiary alicyclic amines) is 2. The van der Waals surface area contributed by atoms with Crippen molar-refractivity contribution in [2.24, 2.45) is 22.7 Å². The minimum absolute atomic E-state index is 0.157. The van der Waals surface area contributed by atoms with Crippen molar-refractivity contribution in [3.63, 3.8) is 0 Å². The maximum Gasteiger partial charge on any atom is 0.414 e. The molecule has 4 fully saturated rings. The van der Waals surface area contributed by atoms with Gasteiger partial charge in [-0.25, -0.2) is 19.2 Å². The Balaban J connectivity index is 0.000000260. The first-order chi connectivity index (χ1) is 20.1. The van der Waals surface area contributed by atoms with E-state index < -0.39 is 23.1 Å². The molecular formula is C32H58N4O8. The van der Waals surface area contributed by atoms with Crippen molar-refractivity contribution in [1.29, 1.82) is 0 Å². The van der Waals surface area contributed by atoms with E-state index in [0.29, 0.717) is 34.7 Å². The number of aliphatic carboxylic acids is 2. The summed E-state index contributed by atoms with van der Waals surface area (Å²) in [6.07, 6.45) is 4.08. The minimum Gasteiger partial charge on any atom is -0.473 e. The summed E-state index contributed by atoms with van der Waals surface area (Å²) in [6.45, 7) is 26.2. The first kappa shape index (κ1) is 37.6. The van der Waals surface area contributed by atoms with Crippen LogP contribution in [0.15, 0.2) is 0 Å². The van der Waals surface area contributed by atoms with Gasteiger partial charge in [-0.1, -0.05) is 27.7 Å². The second-order valence-electron chi connectivity index (χ2n) is 15.5. The number of rotatable bonds is 2. The Morgan fingerprint density at radius 3 is 1.07 bits per heavy atom. The van der Waals surface area contributed by atoms with Gasteiger partial charge < -0.3 is 40.1 Å². The molecule has 0 saturated carbocycles. The molecule has 0 bridgehead atoms. The third-order valence-corrected chi connectivity index (χ3v) is 9.01. The lowest BCUT2D eigenvalue weighted by Crippen LogP contribution is -2.67. The summed E-state index contributed by atoms with van der Waals surface area (Å²) in [4.78, 5) is 46.0. The van der Waals surface area contributed by atoms with Gasteiger partial charge in [0, 0.05) is 62.2 Å². The van der Waals surface area contributed by atoms with Gasteiger partial charge >= 0.3 is 24.1 Å². The number of carbonyl (C=O) groups is 4. The van der Waals surface area contributed by atoms with Crippen molar-refractivity contribution in [2.45, 2.75) is 118 Å². The maximum absolute atomic E-state index is 12.0. The van der Waals surface area contributed by atoms with Crippen LogP contribution in [-0.4, -0.2) is 107 Å². The molecule has 4 aliphatic heterocycles. The SMILES string of the molecule is CC(C)C1NCC12CCN(C(=O)OC(C)(C)C)CC2.CC(C)C1NCC12CCN(C(=O)OC(C)(C)C)CC2.O=C(O)C(=O)O. The fourth-order valence-electron chi connectivity index (χ4n) is 6.80. The second-order valence-corrected chi connectivity index (χ2v) is 15.5. The van der Waals surface area contributed by atoms with Crippen molar-refractivity contribution in [2.75, 3.05) is 39.3 Å². The molecule has 12 heteroatoms. The Labute approximate surface area is 263 Å². The van der Waals surface area contributed by atoms with Crippen molar-refractivity contribution in [3.8, 4) is 0 Å². The number of piperidine rings is 2. The Morgan fingerprint density at radius 1 is 0.636 bits per heavy atom. The highest BCUT2D eigenvalue weighted by Crippen LogP contribution is 2.44. The molecule has 4 aliphatic rings. The molecule has 44 heavy (non-hydrogen) atoms. The maximum atomic E-state index is 12.0. The summed E-state index contributed by atoms with van der Waals surface area (Å²) < 4.78 is 10.9. The normalized spacial score (nSPS) is 23.8. The van der Waals surface area contributed by atoms with Gasteiger partial charge in [-0.05, 0) is 79.1 Å². The molecule has 0 aromatic rings. The number of nitrogens with one attached hydrogen (secondary N) is 2. The van der Waals surface area contributed by atoms with E-state index in [1.807, 2.05) is 51.3 Å². The standard InChI is InChI=1S/2C15H28N2O2.C2H2O4/c2*1-11(2)12-15(10-16-12)6-8-17(9-7-15)13(18)19-14(3,4)5;3-1(4)2(5)6/h2*11-12,16H,6-10H2,1-5H3;(H,3,4)(H,5,6). The third-order valence-electron chi connectivity index (χ3n) is 9.01. The van der Waals surface area contributed by atoms with Gasteiger partial charge in [-0.3, -0.25) is 0 Å². The lowest BCUT2D eigenvalue weighted by Gasteiger charge is -2.56. The Kier molecular flexibility index (Phi) is 12.5. The quantitative estimate of drug-likeness (QED) is 0.324. The number of hydrogen-bond acceptors (Lipinski definition) is 8. The van der Waals surface area contributed by atoms with Crippen LogP contribution in [0.4, 0.5) is 9.59 Å². The third kappa shape index (κ3) is 10.2. The topological polar surface area (TPSA) is 158 Å². The molecule has 4 N–H and O–H groups in total. The van der Waals surface area contributed by atoms with Crippen molar-refractivity contribution in [3.05, 3.63) is 0 Å². The summed E-state index contributed by atoms with van der Waals surface area (Å²) in [5, 5.41) is 21.9. The molecule has 4 heterocycles. The zero-order chi connectivity index (χ0) is 33.7. The fraction of sp³-hybridized carbons (Fsp3) is 0.875. The number of carboxylic acids is 2. The highest BCUT2D eigenvalue weighted by molar-refractivity contribution is 6.27. The monoisotopic (exact) mass is 626 g/mol. The van der Waals surface area contributed by atoms with E-state index in [4.69, 9.17) is 29.3 Å². The van der Waals surface area contributed by atoms with E-state index in [1.165, 1.54) is 0 Å². The van der Waals surface area contributed by atoms with Crippen molar-refractivity contribution in [1.82, 2.24) is 20.4 Å². The van der Waals surface area contributed by atoms with E-state index >= 15 is 0 Å². The molecular weight excluding hydrogens is 568 g/mol. The Bertz CT molecular complexity index is 921. The fourth-order valence-corrected chi connectivity index (χ4v) is 6.80. The van der Waals surface area contributed by atoms with Gasteiger partial charge in [-0.15, -0.1) is 0 Å². The van der Waals surface area contributed by atoms with Crippen LogP contribution >= 0.6 is 0 Å². The summed E-state index contributed by atoms with van der Waals surface area (Å²) >= 11 is 0. The zero-order valence-corrected chi connectivity index (χ0v) is 28.6. The Hall–Kier alpha value is -2.60. The molecule has 2 atom stereocenters. The predicted molar refractivity (Wildman–Crippen MR) is 167 cm³/mol. The van der Waals surface area contributed by atoms with Crippen LogP contribution in [0.25, 0.3) is 0 Å². The molecule has 4 rings (SSSR count). The number of carbonyl (C=O) groups excluding carboxylic acids is 2. The highest BCUT2D eigenvalue weighted by atomic mass is 16.6. The second kappa shape index (κ2) is 14.7. The highest BCUT2D eigenvalue weighted by Gasteiger charge is 2.51. The molecule has 0 aromatic heterocycles. The van der Waals surface area contributed by atoms with Crippen LogP contribution in [0.1, 0.15) is 94.9 Å². The average Bonchev–Trinajstić information content (AvgIpc) is 2.85. The molecule has 12 nitrogen and oxygen atoms in total. The largest absolute Gasteiger partial charge is 0.473 e. The predicted octanol–water partition coefficient (Wildman–Crippen LogP) is 4.42. The minimum atomic E-state index is -1.82. The van der Waals surface area contributed by atoms with Crippen LogP contribution in [0.3, 0.4) is 0 Å². The molecule has 0 aromatic carbocycles. The summed E-state index contributed by atoms with van der Waals surface area (Å²) in [5.74, 6) is -2.31. The van der Waals surface area contributed by atoms with Gasteiger partial charge in [0.15, 0.2) is 0 Å². The molecule has 4 saturated heterocycles. The van der Waals surface area contributed by atoms with Gasteiger partial charge in [-0.2, -0.15) is 0 Å². The van der Waals surface area contributed by atoms with Crippen LogP contribution in [-0.2, 0) is 19.1 Å². The van der Waals surface area contributed by atoms with E-state index in [0.717, 1.165) is 65.0 Å². The van der Waals surface area contributed by atoms with E-state index in [9.17, 15) is 9.59 Å². The number of nitrogens with zero attached hydrogens (tertiary/aromatic N) is 2. The number of hydrogen-bond donors (Lipinski definition) is 4. The number of amides is 2.